The normalized spacial score (nSPS) is 25.2. The fraction of sp³-hybridized carbons (Fsp3) is 0.846. The zero-order chi connectivity index (χ0) is 14.7. The first-order valence-corrected chi connectivity index (χ1v) is 8.67. The number of halogens is 1. The number of hydrogen-bond donors (Lipinski definition) is 1. The van der Waals surface area contributed by atoms with E-state index in [1.54, 1.807) is 16.7 Å². The van der Waals surface area contributed by atoms with Crippen LogP contribution in [-0.2, 0) is 4.79 Å². The van der Waals surface area contributed by atoms with Crippen molar-refractivity contribution in [3.05, 3.63) is 5.82 Å². The number of nitrogens with one attached hydrogen (secondary N) is 1. The van der Waals surface area contributed by atoms with E-state index < -0.39 is 12.1 Å². The van der Waals surface area contributed by atoms with Crippen molar-refractivity contribution in [3.63, 3.8) is 0 Å². The molecule has 2 fully saturated rings. The zero-order valence-corrected chi connectivity index (χ0v) is 12.7. The summed E-state index contributed by atoms with van der Waals surface area (Å²) in [5.74, 6) is 1.61. The number of H-pyrrole nitrogens is 1. The van der Waals surface area contributed by atoms with Crippen molar-refractivity contribution in [3.8, 4) is 0 Å². The molecule has 1 amide bonds. The third-order valence-electron chi connectivity index (χ3n) is 4.36. The van der Waals surface area contributed by atoms with E-state index in [1.807, 2.05) is 0 Å². The summed E-state index contributed by atoms with van der Waals surface area (Å²) >= 11 is 1.60. The number of carbonyl (C=O) groups excluding carboxylic acids is 1. The highest BCUT2D eigenvalue weighted by molar-refractivity contribution is 7.99. The van der Waals surface area contributed by atoms with Crippen molar-refractivity contribution >= 4 is 17.7 Å². The summed E-state index contributed by atoms with van der Waals surface area (Å²) in [6.07, 6.45) is 4.63. The van der Waals surface area contributed by atoms with E-state index in [1.165, 1.54) is 6.42 Å². The molecule has 6 nitrogen and oxygen atoms in total. The highest BCUT2D eigenvalue weighted by Gasteiger charge is 2.37. The van der Waals surface area contributed by atoms with Gasteiger partial charge in [-0.25, -0.2) is 4.39 Å². The van der Waals surface area contributed by atoms with E-state index in [2.05, 4.69) is 20.6 Å². The lowest BCUT2D eigenvalue weighted by atomic mass is 9.85. The monoisotopic (exact) mass is 313 g/mol. The molecule has 1 aromatic rings. The summed E-state index contributed by atoms with van der Waals surface area (Å²) in [5, 5.41) is 13.8. The van der Waals surface area contributed by atoms with Gasteiger partial charge in [-0.1, -0.05) is 37.3 Å². The molecule has 116 valence electrons. The van der Waals surface area contributed by atoms with E-state index in [0.717, 1.165) is 25.7 Å². The fourth-order valence-corrected chi connectivity index (χ4v) is 4.34. The Morgan fingerprint density at radius 1 is 1.43 bits per heavy atom. The van der Waals surface area contributed by atoms with Crippen LogP contribution in [0.4, 0.5) is 4.39 Å². The van der Waals surface area contributed by atoms with E-state index in [0.29, 0.717) is 29.8 Å². The molecule has 21 heavy (non-hydrogen) atoms. The summed E-state index contributed by atoms with van der Waals surface area (Å²) in [6, 6.07) is -0.258. The lowest BCUT2D eigenvalue weighted by Crippen LogP contribution is -2.38. The molecule has 3 rings (SSSR count). The van der Waals surface area contributed by atoms with Gasteiger partial charge < -0.3 is 4.90 Å². The van der Waals surface area contributed by atoms with E-state index in [9.17, 15) is 9.18 Å². The highest BCUT2D eigenvalue weighted by Crippen LogP contribution is 2.34. The Balaban J connectivity index is 1.60. The molecule has 0 radical (unpaired) electrons. The minimum Gasteiger partial charge on any atom is -0.320 e. The average Bonchev–Trinajstić information content (AvgIpc) is 3.18. The molecule has 2 unspecified atom stereocenters. The average molecular weight is 313 g/mol. The SMILES string of the molecule is O=C(C(F)CC1CCCCC1)N1CSCC1c1nn[nH]n1. The Bertz CT molecular complexity index is 465. The molecule has 2 aliphatic rings. The van der Waals surface area contributed by atoms with Crippen LogP contribution in [0, 0.1) is 5.92 Å². The minimum absolute atomic E-state index is 0.258. The molecule has 1 saturated heterocycles. The molecule has 2 atom stereocenters. The standard InChI is InChI=1S/C13H20FN5OS/c14-10(6-9-4-2-1-3-5-9)13(20)19-8-21-7-11(19)12-15-17-18-16-12/h9-11H,1-8H2,(H,15,16,17,18). The van der Waals surface area contributed by atoms with Crippen LogP contribution in [0.2, 0.25) is 0 Å². The fourth-order valence-electron chi connectivity index (χ4n) is 3.18. The minimum atomic E-state index is -1.40. The van der Waals surface area contributed by atoms with E-state index in [-0.39, 0.29) is 6.04 Å². The summed E-state index contributed by atoms with van der Waals surface area (Å²) in [5.41, 5.74) is 0. The molecule has 1 aliphatic carbocycles. The van der Waals surface area contributed by atoms with Gasteiger partial charge >= 0.3 is 0 Å². The Morgan fingerprint density at radius 2 is 2.24 bits per heavy atom. The van der Waals surface area contributed by atoms with Gasteiger partial charge in [-0.05, 0) is 12.3 Å². The quantitative estimate of drug-likeness (QED) is 0.921. The van der Waals surface area contributed by atoms with Gasteiger partial charge in [-0.15, -0.1) is 22.0 Å². The molecule has 2 heterocycles. The first kappa shape index (κ1) is 14.7. The second kappa shape index (κ2) is 6.72. The number of carbonyl (C=O) groups is 1. The van der Waals surface area contributed by atoms with Crippen LogP contribution in [0.25, 0.3) is 0 Å². The van der Waals surface area contributed by atoms with Gasteiger partial charge in [0.25, 0.3) is 5.91 Å². The third kappa shape index (κ3) is 3.36. The molecule has 1 saturated carbocycles. The van der Waals surface area contributed by atoms with Crippen molar-refractivity contribution in [2.45, 2.75) is 50.7 Å². The number of alkyl halides is 1. The van der Waals surface area contributed by atoms with E-state index in [4.69, 9.17) is 0 Å². The van der Waals surface area contributed by atoms with Gasteiger partial charge in [0.05, 0.1) is 5.88 Å². The second-order valence-electron chi connectivity index (χ2n) is 5.80. The first-order chi connectivity index (χ1) is 10.3. The summed E-state index contributed by atoms with van der Waals surface area (Å²) in [4.78, 5) is 13.9. The van der Waals surface area contributed by atoms with Crippen molar-refractivity contribution in [2.24, 2.45) is 5.92 Å². The molecule has 1 aliphatic heterocycles. The lowest BCUT2D eigenvalue weighted by Gasteiger charge is -2.26. The van der Waals surface area contributed by atoms with Crippen LogP contribution >= 0.6 is 11.8 Å². The number of aromatic nitrogens is 4. The van der Waals surface area contributed by atoms with Gasteiger partial charge in [0.1, 0.15) is 6.04 Å². The number of hydrogen-bond acceptors (Lipinski definition) is 5. The van der Waals surface area contributed by atoms with Gasteiger partial charge in [0.15, 0.2) is 12.0 Å². The molecule has 0 bridgehead atoms. The molecule has 1 aromatic heterocycles. The lowest BCUT2D eigenvalue weighted by molar-refractivity contribution is -0.138. The summed E-state index contributed by atoms with van der Waals surface area (Å²) < 4.78 is 14.4. The van der Waals surface area contributed by atoms with Crippen LogP contribution in [0.1, 0.15) is 50.4 Å². The van der Waals surface area contributed by atoms with Gasteiger partial charge in [0.2, 0.25) is 0 Å². The van der Waals surface area contributed by atoms with Crippen molar-refractivity contribution in [1.82, 2.24) is 25.5 Å². The van der Waals surface area contributed by atoms with Crippen LogP contribution in [-0.4, -0.2) is 49.2 Å². The number of amides is 1. The maximum Gasteiger partial charge on any atom is 0.258 e. The predicted octanol–water partition coefficient (Wildman–Crippen LogP) is 2.08. The topological polar surface area (TPSA) is 74.8 Å². The Kier molecular flexibility index (Phi) is 4.72. The third-order valence-corrected chi connectivity index (χ3v) is 5.37. The van der Waals surface area contributed by atoms with E-state index >= 15 is 0 Å². The molecular weight excluding hydrogens is 293 g/mol. The van der Waals surface area contributed by atoms with Crippen molar-refractivity contribution in [2.75, 3.05) is 11.6 Å². The zero-order valence-electron chi connectivity index (χ0n) is 11.9. The molecule has 1 N–H and O–H groups in total. The van der Waals surface area contributed by atoms with Crippen molar-refractivity contribution in [1.29, 1.82) is 0 Å². The number of thioether (sulfide) groups is 1. The number of nitrogens with zero attached hydrogens (tertiary/aromatic N) is 4. The number of aromatic amines is 1. The highest BCUT2D eigenvalue weighted by atomic mass is 32.2. The number of rotatable bonds is 4. The maximum atomic E-state index is 14.4. The van der Waals surface area contributed by atoms with Crippen LogP contribution in [0.3, 0.4) is 0 Å². The Hall–Kier alpha value is -1.18. The van der Waals surface area contributed by atoms with Gasteiger partial charge in [-0.3, -0.25) is 4.79 Å². The van der Waals surface area contributed by atoms with Crippen LogP contribution in [0.5, 0.6) is 0 Å². The van der Waals surface area contributed by atoms with Crippen LogP contribution in [0.15, 0.2) is 0 Å². The molecule has 8 heteroatoms. The van der Waals surface area contributed by atoms with Gasteiger partial charge in [0, 0.05) is 5.75 Å². The van der Waals surface area contributed by atoms with Crippen LogP contribution < -0.4 is 0 Å². The smallest absolute Gasteiger partial charge is 0.258 e. The first-order valence-electron chi connectivity index (χ1n) is 7.51. The Labute approximate surface area is 127 Å². The molecule has 0 aromatic carbocycles. The second-order valence-corrected chi connectivity index (χ2v) is 6.80. The Morgan fingerprint density at radius 3 is 2.95 bits per heavy atom. The van der Waals surface area contributed by atoms with Crippen molar-refractivity contribution < 1.29 is 9.18 Å². The summed E-state index contributed by atoms with van der Waals surface area (Å²) in [7, 11) is 0. The summed E-state index contributed by atoms with van der Waals surface area (Å²) in [6.45, 7) is 0. The predicted molar refractivity (Wildman–Crippen MR) is 77.2 cm³/mol. The molecule has 0 spiro atoms. The molecular formula is C13H20FN5OS. The number of tetrazole rings is 1. The largest absolute Gasteiger partial charge is 0.320 e. The van der Waals surface area contributed by atoms with Gasteiger partial charge in [-0.2, -0.15) is 5.21 Å². The maximum absolute atomic E-state index is 14.4.